The summed E-state index contributed by atoms with van der Waals surface area (Å²) in [5, 5.41) is 15.8. The van der Waals surface area contributed by atoms with Crippen LogP contribution in [0, 0.1) is 0 Å². The number of rotatable bonds is 7. The first-order valence-corrected chi connectivity index (χ1v) is 9.96. The highest BCUT2D eigenvalue weighted by Gasteiger charge is 2.29. The normalized spacial score (nSPS) is 10.6. The standard InChI is InChI=1S/C18H22O2.2C4H6O2/c1-17(2,15-11-7-5-8-12-15)19-20-18(3,4)16-13-9-6-10-14-16;2*1-3(2)4(5)6/h5-14H,1-4H3;2*1H2,2H3,(H,5,6). The highest BCUT2D eigenvalue weighted by Crippen LogP contribution is 2.31. The van der Waals surface area contributed by atoms with Crippen LogP contribution >= 0.6 is 0 Å². The van der Waals surface area contributed by atoms with E-state index in [1.807, 2.05) is 88.4 Å². The molecule has 0 saturated carbocycles. The summed E-state index contributed by atoms with van der Waals surface area (Å²) in [5.41, 5.74) is 1.54. The molecule has 6 nitrogen and oxygen atoms in total. The minimum Gasteiger partial charge on any atom is -0.478 e. The predicted octanol–water partition coefficient (Wildman–Crippen LogP) is 6.10. The van der Waals surface area contributed by atoms with Crippen LogP contribution in [-0.2, 0) is 30.6 Å². The number of carboxylic acids is 2. The Hall–Kier alpha value is -3.22. The molecule has 0 bridgehead atoms. The molecule has 0 saturated heterocycles. The summed E-state index contributed by atoms with van der Waals surface area (Å²) in [5.74, 6) is -1.87. The molecule has 0 heterocycles. The lowest BCUT2D eigenvalue weighted by Crippen LogP contribution is -2.29. The zero-order chi connectivity index (χ0) is 24.9. The Morgan fingerprint density at radius 2 is 0.875 bits per heavy atom. The maximum Gasteiger partial charge on any atom is 0.330 e. The Bertz CT molecular complexity index is 784. The number of carboxylic acid groups (broad SMARTS) is 2. The van der Waals surface area contributed by atoms with Gasteiger partial charge in [-0.25, -0.2) is 19.4 Å². The Morgan fingerprint density at radius 1 is 0.656 bits per heavy atom. The summed E-state index contributed by atoms with van der Waals surface area (Å²) in [7, 11) is 0. The van der Waals surface area contributed by atoms with Gasteiger partial charge in [0, 0.05) is 11.1 Å². The van der Waals surface area contributed by atoms with Gasteiger partial charge in [0.1, 0.15) is 11.2 Å². The Morgan fingerprint density at radius 3 is 1.06 bits per heavy atom. The van der Waals surface area contributed by atoms with E-state index in [9.17, 15) is 9.59 Å². The van der Waals surface area contributed by atoms with E-state index < -0.39 is 23.1 Å². The molecule has 2 N–H and O–H groups in total. The van der Waals surface area contributed by atoms with Gasteiger partial charge in [0.05, 0.1) is 0 Å². The molecule has 174 valence electrons. The molecule has 6 heteroatoms. The fraction of sp³-hybridized carbons (Fsp3) is 0.308. The van der Waals surface area contributed by atoms with Gasteiger partial charge >= 0.3 is 11.9 Å². The van der Waals surface area contributed by atoms with Crippen LogP contribution in [0.25, 0.3) is 0 Å². The number of carbonyl (C=O) groups is 2. The van der Waals surface area contributed by atoms with Crippen LogP contribution in [0.15, 0.2) is 85.0 Å². The molecule has 0 atom stereocenters. The molecule has 0 aliphatic heterocycles. The lowest BCUT2D eigenvalue weighted by Gasteiger charge is -2.31. The molecule has 2 rings (SSSR count). The van der Waals surface area contributed by atoms with Crippen molar-refractivity contribution >= 4 is 11.9 Å². The Kier molecular flexibility index (Phi) is 11.9. The molecule has 0 aliphatic carbocycles. The van der Waals surface area contributed by atoms with Gasteiger partial charge in [-0.15, -0.1) is 0 Å². The van der Waals surface area contributed by atoms with Gasteiger partial charge in [-0.1, -0.05) is 73.8 Å². The number of benzene rings is 2. The first-order valence-electron chi connectivity index (χ1n) is 9.96. The number of hydrogen-bond donors (Lipinski definition) is 2. The number of aliphatic carboxylic acids is 2. The lowest BCUT2D eigenvalue weighted by atomic mass is 9.98. The zero-order valence-electron chi connectivity index (χ0n) is 19.7. The summed E-state index contributed by atoms with van der Waals surface area (Å²) < 4.78 is 0. The van der Waals surface area contributed by atoms with E-state index in [1.54, 1.807) is 0 Å². The quantitative estimate of drug-likeness (QED) is 0.306. The van der Waals surface area contributed by atoms with Crippen molar-refractivity contribution in [1.29, 1.82) is 0 Å². The second-order valence-corrected chi connectivity index (χ2v) is 8.09. The smallest absolute Gasteiger partial charge is 0.330 e. The van der Waals surface area contributed by atoms with Crippen molar-refractivity contribution in [1.82, 2.24) is 0 Å². The summed E-state index contributed by atoms with van der Waals surface area (Å²) in [6.07, 6.45) is 0. The van der Waals surface area contributed by atoms with Crippen LogP contribution in [0.5, 0.6) is 0 Å². The predicted molar refractivity (Wildman–Crippen MR) is 126 cm³/mol. The second-order valence-electron chi connectivity index (χ2n) is 8.09. The molecular weight excluding hydrogens is 408 g/mol. The van der Waals surface area contributed by atoms with Crippen molar-refractivity contribution in [3.8, 4) is 0 Å². The van der Waals surface area contributed by atoms with E-state index in [4.69, 9.17) is 20.0 Å². The lowest BCUT2D eigenvalue weighted by molar-refractivity contribution is -0.410. The molecule has 0 aliphatic rings. The molecule has 0 radical (unpaired) electrons. The Labute approximate surface area is 190 Å². The second kappa shape index (κ2) is 13.2. The van der Waals surface area contributed by atoms with Gasteiger partial charge < -0.3 is 10.2 Å². The first kappa shape index (κ1) is 28.8. The van der Waals surface area contributed by atoms with Gasteiger partial charge in [-0.3, -0.25) is 0 Å². The van der Waals surface area contributed by atoms with Crippen LogP contribution in [0.2, 0.25) is 0 Å². The minimum absolute atomic E-state index is 0.176. The average Bonchev–Trinajstić information content (AvgIpc) is 2.74. The van der Waals surface area contributed by atoms with Crippen LogP contribution in [0.4, 0.5) is 0 Å². The summed E-state index contributed by atoms with van der Waals surface area (Å²) >= 11 is 0. The van der Waals surface area contributed by atoms with E-state index in [1.165, 1.54) is 13.8 Å². The average molecular weight is 443 g/mol. The van der Waals surface area contributed by atoms with Crippen LogP contribution in [-0.4, -0.2) is 22.2 Å². The van der Waals surface area contributed by atoms with Gasteiger partial charge in [-0.2, -0.15) is 0 Å². The van der Waals surface area contributed by atoms with Crippen molar-refractivity contribution < 1.29 is 29.6 Å². The highest BCUT2D eigenvalue weighted by atomic mass is 17.2. The molecule has 0 spiro atoms. The third-order valence-electron chi connectivity index (χ3n) is 4.13. The molecule has 0 fully saturated rings. The van der Waals surface area contributed by atoms with Crippen molar-refractivity contribution in [2.45, 2.75) is 52.7 Å². The molecule has 0 amide bonds. The highest BCUT2D eigenvalue weighted by molar-refractivity contribution is 5.85. The van der Waals surface area contributed by atoms with Crippen molar-refractivity contribution in [2.75, 3.05) is 0 Å². The van der Waals surface area contributed by atoms with E-state index >= 15 is 0 Å². The minimum atomic E-state index is -0.935. The molecular formula is C26H34O6. The van der Waals surface area contributed by atoms with Crippen molar-refractivity contribution in [3.63, 3.8) is 0 Å². The van der Waals surface area contributed by atoms with E-state index in [2.05, 4.69) is 13.2 Å². The van der Waals surface area contributed by atoms with Crippen LogP contribution in [0.3, 0.4) is 0 Å². The molecule has 0 aromatic heterocycles. The van der Waals surface area contributed by atoms with Gasteiger partial charge in [-0.05, 0) is 52.7 Å². The molecule has 32 heavy (non-hydrogen) atoms. The van der Waals surface area contributed by atoms with Gasteiger partial charge in [0.15, 0.2) is 0 Å². The van der Waals surface area contributed by atoms with Gasteiger partial charge in [0.2, 0.25) is 0 Å². The fourth-order valence-corrected chi connectivity index (χ4v) is 1.98. The van der Waals surface area contributed by atoms with E-state index in [-0.39, 0.29) is 11.1 Å². The third kappa shape index (κ3) is 11.2. The van der Waals surface area contributed by atoms with Gasteiger partial charge in [0.25, 0.3) is 0 Å². The maximum atomic E-state index is 9.60. The largest absolute Gasteiger partial charge is 0.478 e. The number of hydrogen-bond acceptors (Lipinski definition) is 4. The summed E-state index contributed by atoms with van der Waals surface area (Å²) in [4.78, 5) is 30.7. The SMILES string of the molecule is C=C(C)C(=O)O.C=C(C)C(=O)O.CC(C)(OOC(C)(C)c1ccccc1)c1ccccc1. The zero-order valence-corrected chi connectivity index (χ0v) is 19.7. The maximum absolute atomic E-state index is 9.60. The summed E-state index contributed by atoms with van der Waals surface area (Å²) in [6, 6.07) is 20.2. The monoisotopic (exact) mass is 442 g/mol. The molecule has 2 aromatic rings. The van der Waals surface area contributed by atoms with Crippen LogP contribution < -0.4 is 0 Å². The van der Waals surface area contributed by atoms with Crippen molar-refractivity contribution in [3.05, 3.63) is 96.1 Å². The van der Waals surface area contributed by atoms with E-state index in [0.29, 0.717) is 0 Å². The molecule has 0 unspecified atom stereocenters. The van der Waals surface area contributed by atoms with Crippen molar-refractivity contribution in [2.24, 2.45) is 0 Å². The topological polar surface area (TPSA) is 93.1 Å². The van der Waals surface area contributed by atoms with E-state index in [0.717, 1.165) is 11.1 Å². The third-order valence-corrected chi connectivity index (χ3v) is 4.13. The van der Waals surface area contributed by atoms with Crippen LogP contribution in [0.1, 0.15) is 52.7 Å². The summed E-state index contributed by atoms with van der Waals surface area (Å²) in [6.45, 7) is 17.2. The Balaban J connectivity index is 0.000000662. The molecule has 2 aromatic carbocycles. The fourth-order valence-electron chi connectivity index (χ4n) is 1.98. The first-order chi connectivity index (χ1) is 14.7.